The normalized spacial score (nSPS) is 34.6. The van der Waals surface area contributed by atoms with Gasteiger partial charge in [-0.2, -0.15) is 0 Å². The number of nitrogens with one attached hydrogen (secondary N) is 1. The maximum atomic E-state index is 6.11. The van der Waals surface area contributed by atoms with Crippen LogP contribution in [-0.2, 0) is 0 Å². The Labute approximate surface area is 107 Å². The molecule has 17 heavy (non-hydrogen) atoms. The molecular formula is C15H30N2. The molecule has 2 rings (SSSR count). The zero-order valence-corrected chi connectivity index (χ0v) is 11.5. The average molecular weight is 238 g/mol. The van der Waals surface area contributed by atoms with Gasteiger partial charge in [0.2, 0.25) is 0 Å². The van der Waals surface area contributed by atoms with E-state index in [0.29, 0.717) is 0 Å². The molecule has 2 atom stereocenters. The molecule has 2 fully saturated rings. The average Bonchev–Trinajstić information content (AvgIpc) is 2.32. The Bertz CT molecular complexity index is 225. The highest BCUT2D eigenvalue weighted by atomic mass is 15.0. The fourth-order valence-electron chi connectivity index (χ4n) is 3.79. The molecular weight excluding hydrogens is 208 g/mol. The van der Waals surface area contributed by atoms with Gasteiger partial charge in [-0.15, -0.1) is 0 Å². The largest absolute Gasteiger partial charge is 0.329 e. The van der Waals surface area contributed by atoms with Gasteiger partial charge in [0.25, 0.3) is 0 Å². The van der Waals surface area contributed by atoms with Crippen LogP contribution in [0.15, 0.2) is 0 Å². The van der Waals surface area contributed by atoms with Crippen molar-refractivity contribution in [1.29, 1.82) is 0 Å². The summed E-state index contributed by atoms with van der Waals surface area (Å²) in [6.45, 7) is 4.35. The molecule has 2 nitrogen and oxygen atoms in total. The van der Waals surface area contributed by atoms with Gasteiger partial charge < -0.3 is 11.1 Å². The highest BCUT2D eigenvalue weighted by molar-refractivity contribution is 4.97. The van der Waals surface area contributed by atoms with Gasteiger partial charge in [-0.25, -0.2) is 0 Å². The molecule has 0 bridgehead atoms. The lowest BCUT2D eigenvalue weighted by atomic mass is 9.71. The minimum atomic E-state index is 0.275. The Morgan fingerprint density at radius 2 is 2.00 bits per heavy atom. The fraction of sp³-hybridized carbons (Fsp3) is 1.00. The summed E-state index contributed by atoms with van der Waals surface area (Å²) in [5.41, 5.74) is 6.38. The van der Waals surface area contributed by atoms with Crippen LogP contribution in [-0.4, -0.2) is 18.6 Å². The molecule has 0 aromatic heterocycles. The maximum Gasteiger partial charge on any atom is 0.0332 e. The highest BCUT2D eigenvalue weighted by Crippen LogP contribution is 2.36. The lowest BCUT2D eigenvalue weighted by Gasteiger charge is -2.45. The summed E-state index contributed by atoms with van der Waals surface area (Å²) < 4.78 is 0. The minimum Gasteiger partial charge on any atom is -0.329 e. The zero-order valence-electron chi connectivity index (χ0n) is 11.5. The third-order valence-electron chi connectivity index (χ3n) is 5.32. The first-order chi connectivity index (χ1) is 8.30. The molecule has 0 spiro atoms. The first kappa shape index (κ1) is 13.4. The third kappa shape index (κ3) is 3.03. The summed E-state index contributed by atoms with van der Waals surface area (Å²) in [6, 6.07) is 0. The Balaban J connectivity index is 1.82. The fourth-order valence-corrected chi connectivity index (χ4v) is 3.79. The van der Waals surface area contributed by atoms with Crippen LogP contribution in [0.4, 0.5) is 0 Å². The first-order valence-electron chi connectivity index (χ1n) is 7.76. The summed E-state index contributed by atoms with van der Waals surface area (Å²) in [7, 11) is 0. The van der Waals surface area contributed by atoms with Gasteiger partial charge in [-0.3, -0.25) is 0 Å². The van der Waals surface area contributed by atoms with Crippen LogP contribution < -0.4 is 11.1 Å². The Hall–Kier alpha value is -0.0800. The van der Waals surface area contributed by atoms with Gasteiger partial charge in [-0.1, -0.05) is 45.4 Å². The van der Waals surface area contributed by atoms with Crippen LogP contribution in [0.2, 0.25) is 0 Å². The van der Waals surface area contributed by atoms with E-state index in [1.807, 2.05) is 0 Å². The predicted molar refractivity (Wildman–Crippen MR) is 74.0 cm³/mol. The molecule has 2 aliphatic rings. The molecule has 3 N–H and O–H groups in total. The van der Waals surface area contributed by atoms with Crippen LogP contribution in [0.3, 0.4) is 0 Å². The molecule has 0 aromatic carbocycles. The van der Waals surface area contributed by atoms with Gasteiger partial charge >= 0.3 is 0 Å². The topological polar surface area (TPSA) is 38.0 Å². The van der Waals surface area contributed by atoms with E-state index >= 15 is 0 Å². The molecule has 0 radical (unpaired) electrons. The van der Waals surface area contributed by atoms with Crippen molar-refractivity contribution in [3.05, 3.63) is 0 Å². The summed E-state index contributed by atoms with van der Waals surface area (Å²) in [5.74, 6) is 1.82. The number of hydrogen-bond acceptors (Lipinski definition) is 2. The molecule has 2 heteroatoms. The predicted octanol–water partition coefficient (Wildman–Crippen LogP) is 3.06. The molecule has 2 unspecified atom stereocenters. The Morgan fingerprint density at radius 3 is 2.59 bits per heavy atom. The Morgan fingerprint density at radius 1 is 1.18 bits per heavy atom. The van der Waals surface area contributed by atoms with Crippen molar-refractivity contribution in [1.82, 2.24) is 5.32 Å². The van der Waals surface area contributed by atoms with E-state index in [2.05, 4.69) is 12.2 Å². The van der Waals surface area contributed by atoms with Crippen molar-refractivity contribution in [2.24, 2.45) is 17.6 Å². The van der Waals surface area contributed by atoms with E-state index in [1.165, 1.54) is 64.3 Å². The van der Waals surface area contributed by atoms with E-state index in [-0.39, 0.29) is 5.54 Å². The van der Waals surface area contributed by atoms with Crippen molar-refractivity contribution in [3.8, 4) is 0 Å². The van der Waals surface area contributed by atoms with Crippen molar-refractivity contribution in [2.75, 3.05) is 13.1 Å². The van der Waals surface area contributed by atoms with Gasteiger partial charge in [0.15, 0.2) is 0 Å². The molecule has 2 aliphatic carbocycles. The molecule has 0 aliphatic heterocycles. The van der Waals surface area contributed by atoms with Crippen molar-refractivity contribution in [2.45, 2.75) is 70.3 Å². The van der Waals surface area contributed by atoms with E-state index in [4.69, 9.17) is 5.73 Å². The van der Waals surface area contributed by atoms with Gasteiger partial charge in [0.1, 0.15) is 0 Å². The van der Waals surface area contributed by atoms with Crippen molar-refractivity contribution >= 4 is 0 Å². The van der Waals surface area contributed by atoms with Crippen LogP contribution in [0.1, 0.15) is 64.7 Å². The standard InChI is InChI=1S/C15H30N2/c1-2-14-8-3-4-10-15(14,12-16)17-11-9-13-6-5-7-13/h13-14,17H,2-12,16H2,1H3. The second kappa shape index (κ2) is 6.19. The molecule has 0 saturated heterocycles. The number of nitrogens with two attached hydrogens (primary N) is 1. The maximum absolute atomic E-state index is 6.11. The quantitative estimate of drug-likeness (QED) is 0.746. The summed E-state index contributed by atoms with van der Waals surface area (Å²) in [4.78, 5) is 0. The van der Waals surface area contributed by atoms with Crippen molar-refractivity contribution in [3.63, 3.8) is 0 Å². The van der Waals surface area contributed by atoms with Gasteiger partial charge in [-0.05, 0) is 37.6 Å². The van der Waals surface area contributed by atoms with Gasteiger partial charge in [0.05, 0.1) is 0 Å². The van der Waals surface area contributed by atoms with Crippen LogP contribution >= 0.6 is 0 Å². The van der Waals surface area contributed by atoms with Crippen molar-refractivity contribution < 1.29 is 0 Å². The van der Waals surface area contributed by atoms with Crippen LogP contribution in [0.5, 0.6) is 0 Å². The highest BCUT2D eigenvalue weighted by Gasteiger charge is 2.38. The second-order valence-electron chi connectivity index (χ2n) is 6.22. The smallest absolute Gasteiger partial charge is 0.0332 e. The molecule has 100 valence electrons. The molecule has 0 aromatic rings. The number of rotatable bonds is 6. The second-order valence-corrected chi connectivity index (χ2v) is 6.22. The Kier molecular flexibility index (Phi) is 4.87. The monoisotopic (exact) mass is 238 g/mol. The molecule has 0 amide bonds. The minimum absolute atomic E-state index is 0.275. The van der Waals surface area contributed by atoms with Gasteiger partial charge in [0, 0.05) is 12.1 Å². The zero-order chi connectivity index (χ0) is 12.1. The molecule has 0 heterocycles. The summed E-state index contributed by atoms with van der Waals surface area (Å²) in [6.07, 6.45) is 12.5. The van der Waals surface area contributed by atoms with E-state index in [9.17, 15) is 0 Å². The summed E-state index contributed by atoms with van der Waals surface area (Å²) >= 11 is 0. The third-order valence-corrected chi connectivity index (χ3v) is 5.32. The SMILES string of the molecule is CCC1CCCCC1(CN)NCCC1CCC1. The van der Waals surface area contributed by atoms with Crippen LogP contribution in [0, 0.1) is 11.8 Å². The van der Waals surface area contributed by atoms with Crippen LogP contribution in [0.25, 0.3) is 0 Å². The lowest BCUT2D eigenvalue weighted by molar-refractivity contribution is 0.138. The lowest BCUT2D eigenvalue weighted by Crippen LogP contribution is -2.58. The van der Waals surface area contributed by atoms with E-state index < -0.39 is 0 Å². The molecule has 2 saturated carbocycles. The first-order valence-corrected chi connectivity index (χ1v) is 7.76. The number of hydrogen-bond donors (Lipinski definition) is 2. The van der Waals surface area contributed by atoms with E-state index in [1.54, 1.807) is 0 Å². The summed E-state index contributed by atoms with van der Waals surface area (Å²) in [5, 5.41) is 3.86. The van der Waals surface area contributed by atoms with E-state index in [0.717, 1.165) is 18.4 Å².